The molecule has 1 fully saturated rings. The Morgan fingerprint density at radius 3 is 2.04 bits per heavy atom. The number of carbonyl (C=O) groups is 1. The molecule has 0 aromatic rings. The summed E-state index contributed by atoms with van der Waals surface area (Å²) in [5, 5.41) is 38.7. The fraction of sp³-hybridized carbons (Fsp3) is 0.950. The van der Waals surface area contributed by atoms with E-state index in [0.717, 1.165) is 19.3 Å². The number of unbranched alkanes of at least 4 members (excludes halogenated alkanes) is 8. The summed E-state index contributed by atoms with van der Waals surface area (Å²) in [6.07, 6.45) is 4.50. The molecule has 1 aliphatic heterocycles. The molecule has 0 bridgehead atoms. The third-order valence-corrected chi connectivity index (χ3v) is 5.17. The van der Waals surface area contributed by atoms with Crippen molar-refractivity contribution in [1.29, 1.82) is 0 Å². The van der Waals surface area contributed by atoms with Gasteiger partial charge in [0.05, 0.1) is 18.6 Å². The Morgan fingerprint density at radius 2 is 1.48 bits per heavy atom. The van der Waals surface area contributed by atoms with Crippen LogP contribution in [0.25, 0.3) is 0 Å². The van der Waals surface area contributed by atoms with Crippen molar-refractivity contribution in [3.8, 4) is 0 Å². The highest BCUT2D eigenvalue weighted by molar-refractivity contribution is 5.67. The maximum atomic E-state index is 11.1. The average Bonchev–Trinajstić information content (AvgIpc) is 2.62. The van der Waals surface area contributed by atoms with Gasteiger partial charge in [-0.05, 0) is 13.3 Å². The van der Waals surface area contributed by atoms with Crippen molar-refractivity contribution in [1.82, 2.24) is 0 Å². The standard InChI is InChI=1S/C20H38O7/c1-3-4-5-6-7-8-9-10-11-12-15(13-16(21)22)27-20-19(25)18(24)17(23)14(2)26-20/h14-15,17-20,23-25H,3-13H2,1-2H3,(H,21,22)/t14?,15-,17+,18+,19?,20+/m1/s1. The van der Waals surface area contributed by atoms with Crippen LogP contribution in [0.1, 0.15) is 84.5 Å². The Labute approximate surface area is 162 Å². The Hall–Kier alpha value is -0.730. The quantitative estimate of drug-likeness (QED) is 0.337. The fourth-order valence-corrected chi connectivity index (χ4v) is 3.41. The van der Waals surface area contributed by atoms with E-state index in [9.17, 15) is 20.1 Å². The van der Waals surface area contributed by atoms with Gasteiger partial charge in [-0.3, -0.25) is 4.79 Å². The number of hydrogen-bond acceptors (Lipinski definition) is 6. The van der Waals surface area contributed by atoms with Gasteiger partial charge < -0.3 is 29.9 Å². The lowest BCUT2D eigenvalue weighted by atomic mass is 9.99. The molecular formula is C20H38O7. The molecule has 1 saturated heterocycles. The lowest BCUT2D eigenvalue weighted by molar-refractivity contribution is -0.304. The molecule has 27 heavy (non-hydrogen) atoms. The van der Waals surface area contributed by atoms with Crippen LogP contribution in [0.2, 0.25) is 0 Å². The van der Waals surface area contributed by atoms with Crippen LogP contribution in [0.5, 0.6) is 0 Å². The van der Waals surface area contributed by atoms with E-state index in [-0.39, 0.29) is 6.42 Å². The summed E-state index contributed by atoms with van der Waals surface area (Å²) < 4.78 is 11.1. The summed E-state index contributed by atoms with van der Waals surface area (Å²) >= 11 is 0. The molecule has 0 spiro atoms. The Kier molecular flexibility index (Phi) is 12.1. The van der Waals surface area contributed by atoms with E-state index in [1.54, 1.807) is 6.92 Å². The molecule has 0 radical (unpaired) electrons. The van der Waals surface area contributed by atoms with Crippen LogP contribution in [0.15, 0.2) is 0 Å². The first-order valence-corrected chi connectivity index (χ1v) is 10.4. The number of hydrogen-bond donors (Lipinski definition) is 4. The molecule has 0 saturated carbocycles. The predicted molar refractivity (Wildman–Crippen MR) is 101 cm³/mol. The minimum absolute atomic E-state index is 0.184. The van der Waals surface area contributed by atoms with Crippen molar-refractivity contribution in [3.63, 3.8) is 0 Å². The molecule has 0 aromatic heterocycles. The van der Waals surface area contributed by atoms with Crippen LogP contribution in [-0.2, 0) is 14.3 Å². The number of ether oxygens (including phenoxy) is 2. The number of carboxylic acids is 1. The van der Waals surface area contributed by atoms with Gasteiger partial charge >= 0.3 is 5.97 Å². The second kappa shape index (κ2) is 13.4. The minimum Gasteiger partial charge on any atom is -0.481 e. The fourth-order valence-electron chi connectivity index (χ4n) is 3.41. The zero-order valence-electron chi connectivity index (χ0n) is 16.8. The van der Waals surface area contributed by atoms with Crippen molar-refractivity contribution in [2.24, 2.45) is 0 Å². The maximum absolute atomic E-state index is 11.1. The molecule has 0 aromatic carbocycles. The van der Waals surface area contributed by atoms with Crippen LogP contribution < -0.4 is 0 Å². The second-order valence-electron chi connectivity index (χ2n) is 7.65. The van der Waals surface area contributed by atoms with Crippen LogP contribution >= 0.6 is 0 Å². The van der Waals surface area contributed by atoms with Crippen molar-refractivity contribution in [2.45, 2.75) is 121 Å². The van der Waals surface area contributed by atoms with E-state index in [0.29, 0.717) is 6.42 Å². The van der Waals surface area contributed by atoms with Crippen LogP contribution in [-0.4, -0.2) is 63.2 Å². The highest BCUT2D eigenvalue weighted by Crippen LogP contribution is 2.25. The smallest absolute Gasteiger partial charge is 0.305 e. The number of carboxylic acid groups (broad SMARTS) is 1. The van der Waals surface area contributed by atoms with E-state index in [1.807, 2.05) is 0 Å². The van der Waals surface area contributed by atoms with Crippen molar-refractivity contribution < 1.29 is 34.7 Å². The number of aliphatic hydroxyl groups excluding tert-OH is 3. The van der Waals surface area contributed by atoms with Crippen molar-refractivity contribution in [2.75, 3.05) is 0 Å². The lowest BCUT2D eigenvalue weighted by Crippen LogP contribution is -2.58. The third-order valence-electron chi connectivity index (χ3n) is 5.17. The zero-order valence-corrected chi connectivity index (χ0v) is 16.8. The lowest BCUT2D eigenvalue weighted by Gasteiger charge is -2.40. The number of aliphatic carboxylic acids is 1. The second-order valence-corrected chi connectivity index (χ2v) is 7.65. The van der Waals surface area contributed by atoms with Gasteiger partial charge in [-0.25, -0.2) is 0 Å². The maximum Gasteiger partial charge on any atom is 0.305 e. The van der Waals surface area contributed by atoms with Crippen molar-refractivity contribution >= 4 is 5.97 Å². The monoisotopic (exact) mass is 390 g/mol. The third kappa shape index (κ3) is 9.34. The summed E-state index contributed by atoms with van der Waals surface area (Å²) in [4.78, 5) is 11.1. The van der Waals surface area contributed by atoms with Gasteiger partial charge in [0.15, 0.2) is 6.29 Å². The Balaban J connectivity index is 2.33. The van der Waals surface area contributed by atoms with Gasteiger partial charge in [-0.2, -0.15) is 0 Å². The zero-order chi connectivity index (χ0) is 20.2. The van der Waals surface area contributed by atoms with E-state index < -0.39 is 42.8 Å². The number of rotatable bonds is 14. The van der Waals surface area contributed by atoms with Gasteiger partial charge in [0, 0.05) is 0 Å². The molecule has 1 heterocycles. The Morgan fingerprint density at radius 1 is 0.926 bits per heavy atom. The molecule has 0 amide bonds. The summed E-state index contributed by atoms with van der Waals surface area (Å²) in [6.45, 7) is 3.78. The summed E-state index contributed by atoms with van der Waals surface area (Å²) in [5.41, 5.74) is 0. The van der Waals surface area contributed by atoms with Gasteiger partial charge in [0.1, 0.15) is 18.3 Å². The molecule has 0 aliphatic carbocycles. The molecule has 2 unspecified atom stereocenters. The molecule has 1 aliphatic rings. The van der Waals surface area contributed by atoms with Gasteiger partial charge in [-0.1, -0.05) is 64.7 Å². The van der Waals surface area contributed by atoms with E-state index >= 15 is 0 Å². The summed E-state index contributed by atoms with van der Waals surface area (Å²) in [6, 6.07) is 0. The predicted octanol–water partition coefficient (Wildman–Crippen LogP) is 2.59. The van der Waals surface area contributed by atoms with Crippen LogP contribution in [0, 0.1) is 0 Å². The first-order valence-electron chi connectivity index (χ1n) is 10.4. The first-order chi connectivity index (χ1) is 12.9. The molecule has 6 atom stereocenters. The molecule has 4 N–H and O–H groups in total. The molecule has 7 nitrogen and oxygen atoms in total. The summed E-state index contributed by atoms with van der Waals surface area (Å²) in [5.74, 6) is -0.977. The molecule has 160 valence electrons. The Bertz CT molecular complexity index is 404. The molecule has 1 rings (SSSR count). The van der Waals surface area contributed by atoms with Gasteiger partial charge in [-0.15, -0.1) is 0 Å². The van der Waals surface area contributed by atoms with E-state index in [4.69, 9.17) is 14.6 Å². The molecule has 7 heteroatoms. The van der Waals surface area contributed by atoms with Crippen LogP contribution in [0.4, 0.5) is 0 Å². The normalized spacial score (nSPS) is 29.6. The molecular weight excluding hydrogens is 352 g/mol. The van der Waals surface area contributed by atoms with E-state index in [1.165, 1.54) is 38.5 Å². The largest absolute Gasteiger partial charge is 0.481 e. The summed E-state index contributed by atoms with van der Waals surface area (Å²) in [7, 11) is 0. The van der Waals surface area contributed by atoms with Crippen LogP contribution in [0.3, 0.4) is 0 Å². The van der Waals surface area contributed by atoms with E-state index in [2.05, 4.69) is 6.92 Å². The van der Waals surface area contributed by atoms with Gasteiger partial charge in [0.2, 0.25) is 0 Å². The highest BCUT2D eigenvalue weighted by Gasteiger charge is 2.43. The number of aliphatic hydroxyl groups is 3. The van der Waals surface area contributed by atoms with Crippen molar-refractivity contribution in [3.05, 3.63) is 0 Å². The highest BCUT2D eigenvalue weighted by atomic mass is 16.7. The average molecular weight is 391 g/mol. The van der Waals surface area contributed by atoms with Gasteiger partial charge in [0.25, 0.3) is 0 Å². The SMILES string of the molecule is CCCCCCCCCCC[C@H](CC(=O)O)O[C@@H]1OC(C)[C@H](O)[C@H](O)C1O. The first kappa shape index (κ1) is 24.3. The topological polar surface area (TPSA) is 116 Å². The minimum atomic E-state index is -1.41.